The number of imidazole rings is 1. The Morgan fingerprint density at radius 3 is 2.62 bits per heavy atom. The molecule has 2 aromatic heterocycles. The highest BCUT2D eigenvalue weighted by Crippen LogP contribution is 2.30. The van der Waals surface area contributed by atoms with Crippen LogP contribution in [0.2, 0.25) is 0 Å². The first-order valence-electron chi connectivity index (χ1n) is 14.0. The molecule has 10 nitrogen and oxygen atoms in total. The average molecular weight is 575 g/mol. The molecule has 0 atom stereocenters. The summed E-state index contributed by atoms with van der Waals surface area (Å²) in [7, 11) is 0. The molecule has 42 heavy (non-hydrogen) atoms. The molecule has 4 aromatic rings. The SMILES string of the molecule is Cc1cc(-c2cnc3c(NCCCNC(=O)OC(C)(C)C)cc(Oc4cccc(F)c4)nn23)ccc1C(=O)NC1CC1. The quantitative estimate of drug-likeness (QED) is 0.203. The first-order chi connectivity index (χ1) is 20.1. The van der Waals surface area contributed by atoms with Crippen LogP contribution in [0.1, 0.15) is 56.0 Å². The van der Waals surface area contributed by atoms with E-state index in [9.17, 15) is 14.0 Å². The number of aromatic nitrogens is 3. The molecular formula is C31H35FN6O4. The van der Waals surface area contributed by atoms with Crippen LogP contribution in [0, 0.1) is 12.7 Å². The number of carbonyl (C=O) groups excluding carboxylic acids is 2. The van der Waals surface area contributed by atoms with Gasteiger partial charge in [0, 0.05) is 42.4 Å². The molecule has 1 fully saturated rings. The van der Waals surface area contributed by atoms with Crippen molar-refractivity contribution in [3.05, 3.63) is 71.7 Å². The van der Waals surface area contributed by atoms with Crippen LogP contribution in [-0.4, -0.2) is 51.3 Å². The Kier molecular flexibility index (Phi) is 8.28. The van der Waals surface area contributed by atoms with Crippen LogP contribution < -0.4 is 20.7 Å². The van der Waals surface area contributed by atoms with Gasteiger partial charge in [0.05, 0.1) is 17.6 Å². The molecule has 11 heteroatoms. The van der Waals surface area contributed by atoms with E-state index in [0.717, 1.165) is 24.0 Å². The lowest BCUT2D eigenvalue weighted by Crippen LogP contribution is -2.33. The Balaban J connectivity index is 1.38. The van der Waals surface area contributed by atoms with Gasteiger partial charge in [0.25, 0.3) is 5.91 Å². The Hall–Kier alpha value is -4.67. The zero-order chi connectivity index (χ0) is 29.9. The van der Waals surface area contributed by atoms with Crippen molar-refractivity contribution in [3.8, 4) is 22.9 Å². The van der Waals surface area contributed by atoms with Crippen molar-refractivity contribution in [2.24, 2.45) is 0 Å². The van der Waals surface area contributed by atoms with Crippen LogP contribution in [0.15, 0.2) is 54.7 Å². The van der Waals surface area contributed by atoms with Gasteiger partial charge >= 0.3 is 6.09 Å². The standard InChI is InChI=1S/C31H35FN6O4/c1-19-15-20(9-12-24(19)29(39)36-22-10-11-22)26-18-35-28-25(33-13-6-14-34-30(40)42-31(2,3)4)17-27(37-38(26)28)41-23-8-5-7-21(32)16-23/h5,7-9,12,15-18,22,33H,6,10-11,13-14H2,1-4H3,(H,34,40)(H,36,39). The zero-order valence-corrected chi connectivity index (χ0v) is 24.2. The van der Waals surface area contributed by atoms with Crippen molar-refractivity contribution >= 4 is 23.3 Å². The molecule has 2 heterocycles. The van der Waals surface area contributed by atoms with Gasteiger partial charge in [0.2, 0.25) is 5.88 Å². The van der Waals surface area contributed by atoms with Crippen LogP contribution in [0.25, 0.3) is 16.9 Å². The predicted molar refractivity (Wildman–Crippen MR) is 157 cm³/mol. The molecule has 0 unspecified atom stereocenters. The van der Waals surface area contributed by atoms with Gasteiger partial charge in [-0.15, -0.1) is 5.10 Å². The molecule has 0 bridgehead atoms. The Morgan fingerprint density at radius 2 is 1.90 bits per heavy atom. The number of carbonyl (C=O) groups is 2. The Labute approximate surface area is 243 Å². The number of halogens is 1. The van der Waals surface area contributed by atoms with Crippen molar-refractivity contribution in [2.45, 2.75) is 58.6 Å². The number of fused-ring (bicyclic) bond motifs is 1. The molecule has 0 saturated heterocycles. The fourth-order valence-electron chi connectivity index (χ4n) is 4.36. The lowest BCUT2D eigenvalue weighted by atomic mass is 10.0. The van der Waals surface area contributed by atoms with Crippen LogP contribution in [0.3, 0.4) is 0 Å². The minimum Gasteiger partial charge on any atom is -0.444 e. The summed E-state index contributed by atoms with van der Waals surface area (Å²) in [5, 5.41) is 13.8. The Bertz CT molecular complexity index is 1610. The second-order valence-corrected chi connectivity index (χ2v) is 11.3. The van der Waals surface area contributed by atoms with Crippen molar-refractivity contribution in [1.29, 1.82) is 0 Å². The van der Waals surface area contributed by atoms with Gasteiger partial charge in [-0.3, -0.25) is 4.79 Å². The third-order valence-corrected chi connectivity index (χ3v) is 6.48. The number of benzene rings is 2. The number of anilines is 1. The molecule has 0 aliphatic heterocycles. The van der Waals surface area contributed by atoms with Crippen LogP contribution >= 0.6 is 0 Å². The fraction of sp³-hybridized carbons (Fsp3) is 0.355. The predicted octanol–water partition coefficient (Wildman–Crippen LogP) is 5.86. The highest BCUT2D eigenvalue weighted by atomic mass is 19.1. The lowest BCUT2D eigenvalue weighted by Gasteiger charge is -2.19. The van der Waals surface area contributed by atoms with Gasteiger partial charge in [0.1, 0.15) is 17.2 Å². The van der Waals surface area contributed by atoms with Crippen LogP contribution in [0.4, 0.5) is 14.9 Å². The smallest absolute Gasteiger partial charge is 0.407 e. The first kappa shape index (κ1) is 28.8. The van der Waals surface area contributed by atoms with E-state index in [-0.39, 0.29) is 17.8 Å². The largest absolute Gasteiger partial charge is 0.444 e. The maximum absolute atomic E-state index is 13.8. The summed E-state index contributed by atoms with van der Waals surface area (Å²) in [6.07, 6.45) is 3.90. The highest BCUT2D eigenvalue weighted by molar-refractivity contribution is 5.96. The second-order valence-electron chi connectivity index (χ2n) is 11.3. The van der Waals surface area contributed by atoms with E-state index in [2.05, 4.69) is 26.0 Å². The molecule has 3 N–H and O–H groups in total. The summed E-state index contributed by atoms with van der Waals surface area (Å²) in [5.74, 6) is 0.0436. The molecule has 1 aliphatic rings. The average Bonchev–Trinajstić information content (AvgIpc) is 3.62. The molecule has 1 saturated carbocycles. The third kappa shape index (κ3) is 7.34. The molecule has 5 rings (SSSR count). The first-order valence-corrected chi connectivity index (χ1v) is 14.0. The summed E-state index contributed by atoms with van der Waals surface area (Å²) in [5.41, 5.74) is 3.63. The maximum atomic E-state index is 13.8. The summed E-state index contributed by atoms with van der Waals surface area (Å²) in [6.45, 7) is 8.27. The van der Waals surface area contributed by atoms with Crippen LogP contribution in [0.5, 0.6) is 11.6 Å². The number of nitrogens with one attached hydrogen (secondary N) is 3. The maximum Gasteiger partial charge on any atom is 0.407 e. The fourth-order valence-corrected chi connectivity index (χ4v) is 4.36. The molecule has 0 radical (unpaired) electrons. The summed E-state index contributed by atoms with van der Waals surface area (Å²) in [6, 6.07) is 13.4. The summed E-state index contributed by atoms with van der Waals surface area (Å²) in [4.78, 5) is 29.2. The third-order valence-electron chi connectivity index (χ3n) is 6.48. The van der Waals surface area contributed by atoms with E-state index < -0.39 is 17.5 Å². The monoisotopic (exact) mass is 574 g/mol. The van der Waals surface area contributed by atoms with E-state index >= 15 is 0 Å². The number of nitrogens with zero attached hydrogens (tertiary/aromatic N) is 3. The summed E-state index contributed by atoms with van der Waals surface area (Å²) >= 11 is 0. The topological polar surface area (TPSA) is 119 Å². The molecule has 1 aliphatic carbocycles. The number of aryl methyl sites for hydroxylation is 1. The molecule has 220 valence electrons. The van der Waals surface area contributed by atoms with E-state index in [1.165, 1.54) is 12.1 Å². The minimum atomic E-state index is -0.566. The number of amides is 2. The molecular weight excluding hydrogens is 539 g/mol. The van der Waals surface area contributed by atoms with Gasteiger partial charge in [-0.1, -0.05) is 12.1 Å². The van der Waals surface area contributed by atoms with E-state index in [0.29, 0.717) is 47.9 Å². The van der Waals surface area contributed by atoms with Crippen molar-refractivity contribution in [2.75, 3.05) is 18.4 Å². The van der Waals surface area contributed by atoms with Gasteiger partial charge in [-0.2, -0.15) is 0 Å². The summed E-state index contributed by atoms with van der Waals surface area (Å²) < 4.78 is 26.7. The number of rotatable bonds is 10. The van der Waals surface area contributed by atoms with E-state index in [1.807, 2.05) is 45.9 Å². The van der Waals surface area contributed by atoms with Crippen molar-refractivity contribution in [1.82, 2.24) is 25.2 Å². The number of alkyl carbamates (subject to hydrolysis) is 1. The lowest BCUT2D eigenvalue weighted by molar-refractivity contribution is 0.0527. The van der Waals surface area contributed by atoms with Gasteiger partial charge in [0.15, 0.2) is 5.65 Å². The Morgan fingerprint density at radius 1 is 1.10 bits per heavy atom. The van der Waals surface area contributed by atoms with Crippen molar-refractivity contribution in [3.63, 3.8) is 0 Å². The van der Waals surface area contributed by atoms with Crippen LogP contribution in [-0.2, 0) is 4.74 Å². The van der Waals surface area contributed by atoms with E-state index in [4.69, 9.17) is 9.47 Å². The highest BCUT2D eigenvalue weighted by Gasteiger charge is 2.24. The number of hydrogen-bond acceptors (Lipinski definition) is 7. The number of ether oxygens (including phenoxy) is 2. The van der Waals surface area contributed by atoms with Gasteiger partial charge < -0.3 is 25.4 Å². The molecule has 2 amide bonds. The number of hydrogen-bond donors (Lipinski definition) is 3. The second kappa shape index (κ2) is 12.1. The molecule has 0 spiro atoms. The van der Waals surface area contributed by atoms with Gasteiger partial charge in [-0.05, 0) is 76.8 Å². The molecule has 2 aromatic carbocycles. The normalized spacial score (nSPS) is 13.1. The van der Waals surface area contributed by atoms with Gasteiger partial charge in [-0.25, -0.2) is 18.7 Å². The van der Waals surface area contributed by atoms with Crippen molar-refractivity contribution < 1.29 is 23.5 Å². The van der Waals surface area contributed by atoms with E-state index in [1.54, 1.807) is 28.9 Å². The minimum absolute atomic E-state index is 0.0729. The zero-order valence-electron chi connectivity index (χ0n) is 24.2.